The van der Waals surface area contributed by atoms with Crippen molar-refractivity contribution in [1.29, 1.82) is 0 Å². The van der Waals surface area contributed by atoms with E-state index >= 15 is 0 Å². The summed E-state index contributed by atoms with van der Waals surface area (Å²) in [7, 11) is 0. The smallest absolute Gasteiger partial charge is 0.0634 e. The van der Waals surface area contributed by atoms with E-state index in [0.717, 1.165) is 17.8 Å². The van der Waals surface area contributed by atoms with Gasteiger partial charge in [-0.2, -0.15) is 0 Å². The van der Waals surface area contributed by atoms with E-state index in [2.05, 4.69) is 11.9 Å². The average Bonchev–Trinajstić information content (AvgIpc) is 2.11. The molecule has 0 fully saturated rings. The topological polar surface area (TPSA) is 12.0 Å². The van der Waals surface area contributed by atoms with E-state index in [1.807, 2.05) is 26.8 Å². The second-order valence-corrected chi connectivity index (χ2v) is 2.84. The number of likely N-dealkylation sites (N-methyl/N-ethyl adjacent to an activating group) is 1. The van der Waals surface area contributed by atoms with E-state index in [1.54, 1.807) is 6.08 Å². The van der Waals surface area contributed by atoms with Crippen molar-refractivity contribution in [2.45, 2.75) is 20.8 Å². The summed E-state index contributed by atoms with van der Waals surface area (Å²) in [5.74, 6) is 0. The first-order valence-corrected chi connectivity index (χ1v) is 4.44. The predicted molar refractivity (Wildman–Crippen MR) is 56.2 cm³/mol. The summed E-state index contributed by atoms with van der Waals surface area (Å²) >= 11 is 5.94. The van der Waals surface area contributed by atoms with Crippen LogP contribution in [0, 0.1) is 0 Å². The largest absolute Gasteiger partial charge is 0.384 e. The Morgan fingerprint density at radius 1 is 1.58 bits per heavy atom. The van der Waals surface area contributed by atoms with E-state index in [1.165, 1.54) is 0 Å². The summed E-state index contributed by atoms with van der Waals surface area (Å²) in [4.78, 5) is 0. The van der Waals surface area contributed by atoms with Crippen LogP contribution in [0.3, 0.4) is 0 Å². The molecule has 0 aliphatic rings. The van der Waals surface area contributed by atoms with Crippen molar-refractivity contribution < 1.29 is 0 Å². The molecule has 0 saturated heterocycles. The molecule has 0 atom stereocenters. The Kier molecular flexibility index (Phi) is 5.56. The van der Waals surface area contributed by atoms with Gasteiger partial charge in [-0.3, -0.25) is 0 Å². The maximum atomic E-state index is 5.94. The molecule has 0 aromatic heterocycles. The van der Waals surface area contributed by atoms with Crippen molar-refractivity contribution in [3.63, 3.8) is 0 Å². The molecule has 68 valence electrons. The van der Waals surface area contributed by atoms with Crippen LogP contribution in [0.5, 0.6) is 0 Å². The fourth-order valence-electron chi connectivity index (χ4n) is 0.835. The van der Waals surface area contributed by atoms with Crippen LogP contribution in [-0.2, 0) is 0 Å². The molecule has 0 aromatic carbocycles. The highest BCUT2D eigenvalue weighted by atomic mass is 35.5. The zero-order valence-electron chi connectivity index (χ0n) is 7.95. The first kappa shape index (κ1) is 11.3. The van der Waals surface area contributed by atoms with Gasteiger partial charge in [-0.1, -0.05) is 24.3 Å². The van der Waals surface area contributed by atoms with Crippen molar-refractivity contribution in [3.05, 3.63) is 35.0 Å². The van der Waals surface area contributed by atoms with E-state index in [9.17, 15) is 0 Å². The first-order valence-electron chi connectivity index (χ1n) is 4.06. The Balaban J connectivity index is 4.77. The molecule has 0 spiro atoms. The average molecular weight is 186 g/mol. The molecule has 12 heavy (non-hydrogen) atoms. The van der Waals surface area contributed by atoms with Gasteiger partial charge in [0, 0.05) is 6.54 Å². The second kappa shape index (κ2) is 5.90. The lowest BCUT2D eigenvalue weighted by Crippen LogP contribution is -2.14. The van der Waals surface area contributed by atoms with Crippen LogP contribution < -0.4 is 5.32 Å². The summed E-state index contributed by atoms with van der Waals surface area (Å²) in [6, 6.07) is 0. The zero-order chi connectivity index (χ0) is 9.56. The fourth-order valence-corrected chi connectivity index (χ4v) is 1.05. The lowest BCUT2D eigenvalue weighted by Gasteiger charge is -2.10. The molecule has 1 nitrogen and oxygen atoms in total. The second-order valence-electron chi connectivity index (χ2n) is 2.43. The Morgan fingerprint density at radius 3 is 2.50 bits per heavy atom. The minimum absolute atomic E-state index is 0.674. The maximum Gasteiger partial charge on any atom is 0.0634 e. The van der Waals surface area contributed by atoms with E-state index in [-0.39, 0.29) is 0 Å². The molecule has 0 aliphatic heterocycles. The molecule has 0 unspecified atom stereocenters. The van der Waals surface area contributed by atoms with Crippen molar-refractivity contribution >= 4 is 11.6 Å². The van der Waals surface area contributed by atoms with Gasteiger partial charge in [0.25, 0.3) is 0 Å². The summed E-state index contributed by atoms with van der Waals surface area (Å²) in [6.07, 6.45) is 3.66. The SMILES string of the molecule is C=C/C(Cl)=C(NCC)\C(C)=C/C. The normalized spacial score (nSPS) is 13.8. The third kappa shape index (κ3) is 3.14. The standard InChI is InChI=1S/C10H16ClN/c1-5-8(4)10(12-7-3)9(11)6-2/h5-6,12H,2,7H2,1,3-4H3/b8-5-,10-9-. The quantitative estimate of drug-likeness (QED) is 0.664. The molecule has 1 N–H and O–H groups in total. The van der Waals surface area contributed by atoms with Gasteiger partial charge in [-0.15, -0.1) is 0 Å². The maximum absolute atomic E-state index is 5.94. The molecule has 0 heterocycles. The molecule has 2 heteroatoms. The minimum Gasteiger partial charge on any atom is -0.384 e. The molecule has 0 saturated carbocycles. The van der Waals surface area contributed by atoms with Crippen LogP contribution in [-0.4, -0.2) is 6.54 Å². The number of allylic oxidation sites excluding steroid dienone is 4. The highest BCUT2D eigenvalue weighted by Crippen LogP contribution is 2.15. The number of nitrogens with one attached hydrogen (secondary N) is 1. The van der Waals surface area contributed by atoms with Gasteiger partial charge in [0.05, 0.1) is 10.7 Å². The highest BCUT2D eigenvalue weighted by Gasteiger charge is 2.01. The molecule has 0 aliphatic carbocycles. The predicted octanol–water partition coefficient (Wildman–Crippen LogP) is 3.20. The third-order valence-electron chi connectivity index (χ3n) is 1.60. The van der Waals surface area contributed by atoms with Crippen molar-refractivity contribution in [1.82, 2.24) is 5.32 Å². The zero-order valence-corrected chi connectivity index (χ0v) is 8.70. The summed E-state index contributed by atoms with van der Waals surface area (Å²) < 4.78 is 0. The van der Waals surface area contributed by atoms with E-state index in [4.69, 9.17) is 11.6 Å². The Labute approximate surface area is 79.8 Å². The van der Waals surface area contributed by atoms with Crippen LogP contribution in [0.15, 0.2) is 35.0 Å². The number of hydrogen-bond donors (Lipinski definition) is 1. The van der Waals surface area contributed by atoms with Crippen molar-refractivity contribution in [3.8, 4) is 0 Å². The highest BCUT2D eigenvalue weighted by molar-refractivity contribution is 6.31. The Hall–Kier alpha value is -0.690. The fraction of sp³-hybridized carbons (Fsp3) is 0.400. The molecule has 0 amide bonds. The van der Waals surface area contributed by atoms with Crippen LogP contribution in [0.25, 0.3) is 0 Å². The van der Waals surface area contributed by atoms with Crippen LogP contribution in [0.2, 0.25) is 0 Å². The number of hydrogen-bond acceptors (Lipinski definition) is 1. The monoisotopic (exact) mass is 185 g/mol. The van der Waals surface area contributed by atoms with Gasteiger partial charge < -0.3 is 5.32 Å². The molecule has 0 bridgehead atoms. The molecule has 0 radical (unpaired) electrons. The van der Waals surface area contributed by atoms with Crippen LogP contribution in [0.4, 0.5) is 0 Å². The number of halogens is 1. The van der Waals surface area contributed by atoms with Gasteiger partial charge in [-0.05, 0) is 32.4 Å². The number of rotatable bonds is 4. The minimum atomic E-state index is 0.674. The summed E-state index contributed by atoms with van der Waals surface area (Å²) in [6.45, 7) is 10.5. The lowest BCUT2D eigenvalue weighted by atomic mass is 10.2. The molecular formula is C10H16ClN. The van der Waals surface area contributed by atoms with E-state index < -0.39 is 0 Å². The van der Waals surface area contributed by atoms with Crippen molar-refractivity contribution in [2.75, 3.05) is 6.54 Å². The van der Waals surface area contributed by atoms with Crippen LogP contribution in [0.1, 0.15) is 20.8 Å². The Bertz CT molecular complexity index is 214. The first-order chi connectivity index (χ1) is 5.67. The van der Waals surface area contributed by atoms with Crippen molar-refractivity contribution in [2.24, 2.45) is 0 Å². The lowest BCUT2D eigenvalue weighted by molar-refractivity contribution is 0.859. The van der Waals surface area contributed by atoms with Gasteiger partial charge in [0.15, 0.2) is 0 Å². The van der Waals surface area contributed by atoms with Gasteiger partial charge in [0.1, 0.15) is 0 Å². The van der Waals surface area contributed by atoms with Gasteiger partial charge in [0.2, 0.25) is 0 Å². The third-order valence-corrected chi connectivity index (χ3v) is 1.94. The summed E-state index contributed by atoms with van der Waals surface area (Å²) in [5, 5.41) is 3.87. The summed E-state index contributed by atoms with van der Waals surface area (Å²) in [5.41, 5.74) is 2.11. The molecular weight excluding hydrogens is 170 g/mol. The van der Waals surface area contributed by atoms with Gasteiger partial charge in [-0.25, -0.2) is 0 Å². The van der Waals surface area contributed by atoms with E-state index in [0.29, 0.717) is 5.03 Å². The molecule has 0 aromatic rings. The van der Waals surface area contributed by atoms with Crippen LogP contribution >= 0.6 is 11.6 Å². The van der Waals surface area contributed by atoms with Gasteiger partial charge >= 0.3 is 0 Å². The molecule has 0 rings (SSSR count). The Morgan fingerprint density at radius 2 is 2.17 bits per heavy atom.